The van der Waals surface area contributed by atoms with Crippen molar-refractivity contribution in [3.8, 4) is 6.07 Å². The van der Waals surface area contributed by atoms with E-state index in [0.717, 1.165) is 5.56 Å². The molecule has 0 saturated carbocycles. The summed E-state index contributed by atoms with van der Waals surface area (Å²) in [6.45, 7) is 2.48. The molecule has 0 aromatic heterocycles. The summed E-state index contributed by atoms with van der Waals surface area (Å²) in [7, 11) is 0. The lowest BCUT2D eigenvalue weighted by Crippen LogP contribution is -2.39. The van der Waals surface area contributed by atoms with E-state index in [0.29, 0.717) is 0 Å². The van der Waals surface area contributed by atoms with Crippen molar-refractivity contribution in [2.75, 3.05) is 11.4 Å². The number of rotatable bonds is 4. The van der Waals surface area contributed by atoms with Crippen LogP contribution >= 0.6 is 0 Å². The monoisotopic (exact) mass is 271 g/mol. The lowest BCUT2D eigenvalue weighted by Gasteiger charge is -2.30. The first-order chi connectivity index (χ1) is 8.78. The Kier molecular flexibility index (Phi) is 4.78. The van der Waals surface area contributed by atoms with Gasteiger partial charge in [0.25, 0.3) is 0 Å². The molecule has 0 atom stereocenters. The Hall–Kier alpha value is -1.74. The molecule has 19 heavy (non-hydrogen) atoms. The van der Waals surface area contributed by atoms with Gasteiger partial charge in [0.15, 0.2) is 0 Å². The zero-order valence-corrected chi connectivity index (χ0v) is 10.8. The van der Waals surface area contributed by atoms with Crippen LogP contribution in [-0.2, 0) is 6.54 Å². The molecule has 0 aliphatic carbocycles. The molecule has 104 valence electrons. The fourth-order valence-corrected chi connectivity index (χ4v) is 1.79. The predicted molar refractivity (Wildman–Crippen MR) is 67.6 cm³/mol. The van der Waals surface area contributed by atoms with Crippen LogP contribution in [-0.4, -0.2) is 18.8 Å². The van der Waals surface area contributed by atoms with Crippen LogP contribution in [0.15, 0.2) is 18.2 Å². The maximum Gasteiger partial charge on any atom is 0.405 e. The van der Waals surface area contributed by atoms with E-state index in [1.165, 1.54) is 17.0 Å². The minimum atomic E-state index is -4.32. The topological polar surface area (TPSA) is 53.0 Å². The second-order valence-corrected chi connectivity index (χ2v) is 4.50. The second kappa shape index (κ2) is 5.93. The number of benzene rings is 1. The zero-order valence-electron chi connectivity index (χ0n) is 10.8. The molecule has 0 amide bonds. The smallest absolute Gasteiger partial charge is 0.359 e. The van der Waals surface area contributed by atoms with E-state index in [2.05, 4.69) is 0 Å². The molecule has 0 unspecified atom stereocenters. The van der Waals surface area contributed by atoms with Gasteiger partial charge in [0.1, 0.15) is 12.6 Å². The summed E-state index contributed by atoms with van der Waals surface area (Å²) in [5.41, 5.74) is 6.67. The van der Waals surface area contributed by atoms with Crippen LogP contribution in [0.2, 0.25) is 0 Å². The molecule has 0 bridgehead atoms. The fraction of sp³-hybridized carbons (Fsp3) is 0.462. The molecule has 0 heterocycles. The van der Waals surface area contributed by atoms with Crippen LogP contribution in [0.5, 0.6) is 0 Å². The molecule has 2 N–H and O–H groups in total. The van der Waals surface area contributed by atoms with Crippen molar-refractivity contribution in [2.45, 2.75) is 32.6 Å². The summed E-state index contributed by atoms with van der Waals surface area (Å²) in [5, 5.41) is 9.07. The summed E-state index contributed by atoms with van der Waals surface area (Å²) < 4.78 is 37.8. The highest BCUT2D eigenvalue weighted by atomic mass is 19.4. The Morgan fingerprint density at radius 3 is 2.42 bits per heavy atom. The van der Waals surface area contributed by atoms with E-state index < -0.39 is 12.7 Å². The van der Waals surface area contributed by atoms with Crippen LogP contribution < -0.4 is 10.6 Å². The highest BCUT2D eigenvalue weighted by Crippen LogP contribution is 2.27. The minimum Gasteiger partial charge on any atom is -0.359 e. The number of nitrogens with zero attached hydrogens (tertiary/aromatic N) is 2. The molecule has 0 aliphatic heterocycles. The number of nitrogens with two attached hydrogens (primary N) is 1. The van der Waals surface area contributed by atoms with Crippen LogP contribution in [0.4, 0.5) is 18.9 Å². The van der Waals surface area contributed by atoms with Crippen molar-refractivity contribution < 1.29 is 13.2 Å². The molecule has 1 rings (SSSR count). The van der Waals surface area contributed by atoms with Gasteiger partial charge in [-0.1, -0.05) is 6.07 Å². The highest BCUT2D eigenvalue weighted by Gasteiger charge is 2.32. The summed E-state index contributed by atoms with van der Waals surface area (Å²) in [4.78, 5) is 1.17. The van der Waals surface area contributed by atoms with Gasteiger partial charge in [0.05, 0.1) is 11.3 Å². The number of hydrogen-bond donors (Lipinski definition) is 1. The highest BCUT2D eigenvalue weighted by molar-refractivity contribution is 5.61. The third kappa shape index (κ3) is 4.14. The quantitative estimate of drug-likeness (QED) is 0.916. The van der Waals surface area contributed by atoms with Gasteiger partial charge in [-0.15, -0.1) is 0 Å². The van der Waals surface area contributed by atoms with Gasteiger partial charge in [-0.25, -0.2) is 0 Å². The van der Waals surface area contributed by atoms with E-state index in [4.69, 9.17) is 11.0 Å². The van der Waals surface area contributed by atoms with Crippen molar-refractivity contribution in [1.29, 1.82) is 5.26 Å². The Morgan fingerprint density at radius 1 is 1.37 bits per heavy atom. The van der Waals surface area contributed by atoms with Gasteiger partial charge < -0.3 is 10.6 Å². The number of hydrogen-bond acceptors (Lipinski definition) is 3. The predicted octanol–water partition coefficient (Wildman–Crippen LogP) is 2.79. The first kappa shape index (κ1) is 15.3. The van der Waals surface area contributed by atoms with Crippen molar-refractivity contribution in [3.05, 3.63) is 29.3 Å². The van der Waals surface area contributed by atoms with Gasteiger partial charge in [0, 0.05) is 12.6 Å². The second-order valence-electron chi connectivity index (χ2n) is 4.50. The molecule has 1 aromatic carbocycles. The largest absolute Gasteiger partial charge is 0.405 e. The maximum atomic E-state index is 12.6. The first-order valence-electron chi connectivity index (χ1n) is 5.85. The van der Waals surface area contributed by atoms with Crippen molar-refractivity contribution in [3.63, 3.8) is 0 Å². The Bertz CT molecular complexity index is 475. The van der Waals surface area contributed by atoms with E-state index in [1.54, 1.807) is 19.9 Å². The van der Waals surface area contributed by atoms with Crippen LogP contribution in [0, 0.1) is 11.3 Å². The Balaban J connectivity index is 3.20. The number of anilines is 1. The molecular formula is C13H16F3N3. The summed E-state index contributed by atoms with van der Waals surface area (Å²) in [5.74, 6) is 0. The van der Waals surface area contributed by atoms with Crippen molar-refractivity contribution in [2.24, 2.45) is 5.73 Å². The van der Waals surface area contributed by atoms with E-state index >= 15 is 0 Å². The fourth-order valence-electron chi connectivity index (χ4n) is 1.79. The molecule has 0 spiro atoms. The number of alkyl halides is 3. The lowest BCUT2D eigenvalue weighted by molar-refractivity contribution is -0.120. The number of nitriles is 1. The summed E-state index contributed by atoms with van der Waals surface area (Å²) in [6, 6.07) is 6.25. The Labute approximate surface area is 110 Å². The van der Waals surface area contributed by atoms with Crippen LogP contribution in [0.3, 0.4) is 0 Å². The van der Waals surface area contributed by atoms with Gasteiger partial charge in [-0.05, 0) is 31.5 Å². The molecular weight excluding hydrogens is 255 g/mol. The average molecular weight is 271 g/mol. The van der Waals surface area contributed by atoms with Crippen LogP contribution in [0.1, 0.15) is 25.0 Å². The van der Waals surface area contributed by atoms with E-state index in [-0.39, 0.29) is 23.8 Å². The van der Waals surface area contributed by atoms with E-state index in [9.17, 15) is 13.2 Å². The summed E-state index contributed by atoms with van der Waals surface area (Å²) in [6.07, 6.45) is -4.32. The molecule has 0 saturated heterocycles. The SMILES string of the molecule is CC(C)N(CC(F)(F)F)c1ccc(CN)cc1C#N. The summed E-state index contributed by atoms with van der Waals surface area (Å²) >= 11 is 0. The molecule has 0 fully saturated rings. The third-order valence-corrected chi connectivity index (χ3v) is 2.70. The third-order valence-electron chi connectivity index (χ3n) is 2.70. The minimum absolute atomic E-state index is 0.209. The molecule has 3 nitrogen and oxygen atoms in total. The van der Waals surface area contributed by atoms with Gasteiger partial charge >= 0.3 is 6.18 Å². The van der Waals surface area contributed by atoms with Gasteiger partial charge in [-0.3, -0.25) is 0 Å². The Morgan fingerprint density at radius 2 is 2.00 bits per heavy atom. The van der Waals surface area contributed by atoms with Crippen LogP contribution in [0.25, 0.3) is 0 Å². The average Bonchev–Trinajstić information content (AvgIpc) is 2.34. The van der Waals surface area contributed by atoms with Crippen molar-refractivity contribution in [1.82, 2.24) is 0 Å². The molecule has 0 aliphatic rings. The standard InChI is InChI=1S/C13H16F3N3/c1-9(2)19(8-13(14,15)16)12-4-3-10(6-17)5-11(12)7-18/h3-5,9H,6,8,17H2,1-2H3. The normalized spacial score (nSPS) is 11.5. The lowest BCUT2D eigenvalue weighted by atomic mass is 10.1. The maximum absolute atomic E-state index is 12.6. The first-order valence-corrected chi connectivity index (χ1v) is 5.85. The van der Waals surface area contributed by atoms with Crippen molar-refractivity contribution >= 4 is 5.69 Å². The van der Waals surface area contributed by atoms with Gasteiger partial charge in [-0.2, -0.15) is 18.4 Å². The molecule has 6 heteroatoms. The van der Waals surface area contributed by atoms with E-state index in [1.807, 2.05) is 6.07 Å². The van der Waals surface area contributed by atoms with Gasteiger partial charge in [0.2, 0.25) is 0 Å². The zero-order chi connectivity index (χ0) is 14.6. The molecule has 1 aromatic rings. The molecule has 0 radical (unpaired) electrons. The number of halogens is 3.